The lowest BCUT2D eigenvalue weighted by atomic mass is 9.83. The fourth-order valence-corrected chi connectivity index (χ4v) is 4.90. The van der Waals surface area contributed by atoms with Crippen LogP contribution in [-0.4, -0.2) is 85.5 Å². The molecule has 1 aliphatic heterocycles. The van der Waals surface area contributed by atoms with Gasteiger partial charge in [0.2, 0.25) is 11.8 Å². The van der Waals surface area contributed by atoms with E-state index in [1.807, 2.05) is 24.3 Å². The van der Waals surface area contributed by atoms with Gasteiger partial charge in [0.15, 0.2) is 5.78 Å². The Morgan fingerprint density at radius 1 is 1.11 bits per heavy atom. The molecule has 1 aromatic heterocycles. The van der Waals surface area contributed by atoms with E-state index in [2.05, 4.69) is 4.98 Å². The molecular weight excluding hydrogens is 480 g/mol. The highest BCUT2D eigenvalue weighted by molar-refractivity contribution is 5.96. The maximum atomic E-state index is 13.4. The number of aliphatic hydroxyl groups is 3. The Bertz CT molecular complexity index is 1140. The second-order valence-electron chi connectivity index (χ2n) is 10.0. The van der Waals surface area contributed by atoms with Crippen molar-refractivity contribution in [2.24, 2.45) is 23.3 Å². The number of benzene rings is 1. The number of ketones is 2. The highest BCUT2D eigenvalue weighted by Gasteiger charge is 2.42. The lowest BCUT2D eigenvalue weighted by molar-refractivity contribution is -0.141. The molecule has 0 radical (unpaired) electrons. The van der Waals surface area contributed by atoms with Gasteiger partial charge in [-0.1, -0.05) is 18.2 Å². The van der Waals surface area contributed by atoms with E-state index in [4.69, 9.17) is 11.5 Å². The summed E-state index contributed by atoms with van der Waals surface area (Å²) >= 11 is 0. The number of para-hydroxylation sites is 1. The molecule has 2 heterocycles. The maximum absolute atomic E-state index is 13.4. The van der Waals surface area contributed by atoms with Gasteiger partial charge in [-0.25, -0.2) is 0 Å². The second kappa shape index (κ2) is 12.0. The molecule has 202 valence electrons. The molecule has 1 saturated heterocycles. The van der Waals surface area contributed by atoms with Gasteiger partial charge in [-0.05, 0) is 31.9 Å². The summed E-state index contributed by atoms with van der Waals surface area (Å²) in [6, 6.07) is 5.22. The van der Waals surface area contributed by atoms with Crippen LogP contribution in [0.3, 0.4) is 0 Å². The maximum Gasteiger partial charge on any atom is 0.242 e. The number of H-pyrrole nitrogens is 1. The molecule has 1 fully saturated rings. The Hall–Kier alpha value is -3.12. The zero-order valence-corrected chi connectivity index (χ0v) is 21.0. The fraction of sp³-hybridized carbons (Fsp3) is 0.538. The van der Waals surface area contributed by atoms with E-state index in [-0.39, 0.29) is 32.2 Å². The summed E-state index contributed by atoms with van der Waals surface area (Å²) < 4.78 is 0. The molecule has 0 unspecified atom stereocenters. The molecule has 1 aromatic carbocycles. The number of nitrogens with one attached hydrogen (secondary N) is 1. The van der Waals surface area contributed by atoms with Crippen LogP contribution in [0, 0.1) is 11.8 Å². The van der Waals surface area contributed by atoms with Crippen LogP contribution in [0.4, 0.5) is 0 Å². The summed E-state index contributed by atoms with van der Waals surface area (Å²) in [4.78, 5) is 55.8. The number of aliphatic hydroxyl groups excluding tert-OH is 3. The number of nitrogens with zero attached hydrogens (tertiary/aromatic N) is 1. The summed E-state index contributed by atoms with van der Waals surface area (Å²) in [6.45, 7) is 2.62. The number of aromatic amines is 1. The first-order chi connectivity index (χ1) is 17.4. The normalized spacial score (nSPS) is 21.8. The van der Waals surface area contributed by atoms with Gasteiger partial charge in [-0.2, -0.15) is 0 Å². The molecule has 0 bridgehead atoms. The topological polar surface area (TPSA) is 200 Å². The van der Waals surface area contributed by atoms with Crippen molar-refractivity contribution in [3.05, 3.63) is 36.0 Å². The van der Waals surface area contributed by atoms with E-state index in [1.54, 1.807) is 6.20 Å². The number of fused-ring (bicyclic) bond motifs is 1. The van der Waals surface area contributed by atoms with Crippen molar-refractivity contribution in [3.63, 3.8) is 0 Å². The first kappa shape index (κ1) is 28.5. The molecule has 0 spiro atoms. The van der Waals surface area contributed by atoms with Crippen molar-refractivity contribution in [1.82, 2.24) is 9.88 Å². The first-order valence-corrected chi connectivity index (χ1v) is 12.4. The number of hydrogen-bond acceptors (Lipinski definition) is 8. The minimum Gasteiger partial charge on any atom is -0.393 e. The Balaban J connectivity index is 1.87. The number of primary amides is 1. The Morgan fingerprint density at radius 3 is 2.41 bits per heavy atom. The number of β-amino-alcohol motifs (C(OH)–C–C–N with tert-alkyl or cyclic N) is 1. The van der Waals surface area contributed by atoms with Crippen LogP contribution >= 0.6 is 0 Å². The molecule has 2 amide bonds. The van der Waals surface area contributed by atoms with Crippen LogP contribution in [0.5, 0.6) is 0 Å². The van der Waals surface area contributed by atoms with Gasteiger partial charge in [-0.3, -0.25) is 19.2 Å². The average Bonchev–Trinajstić information content (AvgIpc) is 3.43. The van der Waals surface area contributed by atoms with E-state index < -0.39 is 65.6 Å². The van der Waals surface area contributed by atoms with Gasteiger partial charge in [0.25, 0.3) is 0 Å². The van der Waals surface area contributed by atoms with Crippen molar-refractivity contribution in [2.75, 3.05) is 6.54 Å². The van der Waals surface area contributed by atoms with E-state index >= 15 is 0 Å². The Morgan fingerprint density at radius 2 is 1.78 bits per heavy atom. The van der Waals surface area contributed by atoms with E-state index in [0.29, 0.717) is 0 Å². The summed E-state index contributed by atoms with van der Waals surface area (Å²) in [5.41, 5.74) is 12.8. The van der Waals surface area contributed by atoms with Gasteiger partial charge in [0.05, 0.1) is 30.3 Å². The molecule has 0 aliphatic carbocycles. The standard InChI is InChI=1S/C26H36N4O7/c1-13(31)19(25(28)36)10-22(34)15(7-16-11-29-20-6-4-3-5-18(16)20)8-23(35)21-9-17(33)12-30(21)26(37)24(27)14(2)32/h3-6,11,13-15,17,19,21,24,29,31-33H,7-10,12,27H2,1-2H3,(H2,28,36)/t13-,14-,15-,17-,19+,21+,24+/m1/s1. The van der Waals surface area contributed by atoms with Crippen LogP contribution in [0.15, 0.2) is 30.5 Å². The smallest absolute Gasteiger partial charge is 0.242 e. The van der Waals surface area contributed by atoms with Crippen LogP contribution in [-0.2, 0) is 25.6 Å². The molecule has 8 N–H and O–H groups in total. The van der Waals surface area contributed by atoms with E-state index in [1.165, 1.54) is 18.7 Å². The summed E-state index contributed by atoms with van der Waals surface area (Å²) in [6.07, 6.45) is -1.92. The highest BCUT2D eigenvalue weighted by atomic mass is 16.3. The van der Waals surface area contributed by atoms with Crippen molar-refractivity contribution in [1.29, 1.82) is 0 Å². The zero-order chi connectivity index (χ0) is 27.4. The molecule has 3 rings (SSSR count). The first-order valence-electron chi connectivity index (χ1n) is 12.4. The number of likely N-dealkylation sites (tertiary alicyclic amines) is 1. The average molecular weight is 517 g/mol. The third-order valence-electron chi connectivity index (χ3n) is 7.15. The van der Waals surface area contributed by atoms with Crippen LogP contribution in [0.25, 0.3) is 10.9 Å². The number of hydrogen-bond donors (Lipinski definition) is 6. The SMILES string of the molecule is C[C@@H](O)[C@H](N)C(=O)N1C[C@H](O)C[C@H]1C(=O)C[C@@H](Cc1c[nH]c2ccccc12)C(=O)C[C@H](C(N)=O)[C@@H](C)O. The molecule has 0 saturated carbocycles. The number of carbonyl (C=O) groups is 4. The quantitative estimate of drug-likeness (QED) is 0.215. The van der Waals surface area contributed by atoms with E-state index in [0.717, 1.165) is 16.5 Å². The number of Topliss-reactive ketones (excluding diaryl/α,β-unsaturated/α-hetero) is 2. The molecular formula is C26H36N4O7. The summed E-state index contributed by atoms with van der Waals surface area (Å²) in [5.74, 6) is -4.31. The van der Waals surface area contributed by atoms with Crippen molar-refractivity contribution in [3.8, 4) is 0 Å². The predicted molar refractivity (Wildman–Crippen MR) is 135 cm³/mol. The van der Waals surface area contributed by atoms with Crippen LogP contribution < -0.4 is 11.5 Å². The molecule has 7 atom stereocenters. The molecule has 1 aliphatic rings. The number of rotatable bonds is 12. The second-order valence-corrected chi connectivity index (χ2v) is 10.0. The van der Waals surface area contributed by atoms with Gasteiger partial charge in [-0.15, -0.1) is 0 Å². The minimum absolute atomic E-state index is 0.0112. The molecule has 37 heavy (non-hydrogen) atoms. The molecule has 11 nitrogen and oxygen atoms in total. The van der Waals surface area contributed by atoms with Crippen molar-refractivity contribution < 1.29 is 34.5 Å². The fourth-order valence-electron chi connectivity index (χ4n) is 4.90. The summed E-state index contributed by atoms with van der Waals surface area (Å²) in [7, 11) is 0. The van der Waals surface area contributed by atoms with Crippen LogP contribution in [0.2, 0.25) is 0 Å². The number of carbonyl (C=O) groups excluding carboxylic acids is 4. The van der Waals surface area contributed by atoms with Gasteiger partial charge >= 0.3 is 0 Å². The molecule has 2 aromatic rings. The van der Waals surface area contributed by atoms with E-state index in [9.17, 15) is 34.5 Å². The largest absolute Gasteiger partial charge is 0.393 e. The van der Waals surface area contributed by atoms with Gasteiger partial charge in [0.1, 0.15) is 11.8 Å². The number of amides is 2. The lowest BCUT2D eigenvalue weighted by Gasteiger charge is -2.28. The van der Waals surface area contributed by atoms with Crippen molar-refractivity contribution in [2.45, 2.75) is 69.9 Å². The monoisotopic (exact) mass is 516 g/mol. The highest BCUT2D eigenvalue weighted by Crippen LogP contribution is 2.28. The number of nitrogens with two attached hydrogens (primary N) is 2. The Labute approximate surface area is 214 Å². The van der Waals surface area contributed by atoms with Crippen molar-refractivity contribution >= 4 is 34.3 Å². The lowest BCUT2D eigenvalue weighted by Crippen LogP contribution is -2.52. The number of aromatic nitrogens is 1. The van der Waals surface area contributed by atoms with Crippen LogP contribution in [0.1, 0.15) is 38.7 Å². The molecule has 11 heteroatoms. The third-order valence-corrected chi connectivity index (χ3v) is 7.15. The minimum atomic E-state index is -1.26. The zero-order valence-electron chi connectivity index (χ0n) is 21.0. The summed E-state index contributed by atoms with van der Waals surface area (Å²) in [5, 5.41) is 30.8. The Kier molecular flexibility index (Phi) is 9.19. The van der Waals surface area contributed by atoms with Gasteiger partial charge in [0, 0.05) is 48.8 Å². The van der Waals surface area contributed by atoms with Gasteiger partial charge < -0.3 is 36.7 Å². The predicted octanol–water partition coefficient (Wildman–Crippen LogP) is -0.603. The third kappa shape index (κ3) is 6.61.